The van der Waals surface area contributed by atoms with Gasteiger partial charge in [0.2, 0.25) is 0 Å². The van der Waals surface area contributed by atoms with E-state index in [0.29, 0.717) is 19.0 Å². The maximum absolute atomic E-state index is 12.7. The Hall–Kier alpha value is -0.470. The average molecular weight is 332 g/mol. The number of rotatable bonds is 6. The summed E-state index contributed by atoms with van der Waals surface area (Å²) in [7, 11) is 0.251. The zero-order chi connectivity index (χ0) is 15.5. The normalized spacial score (nSPS) is 20.0. The molecular formula is C14H25N3O2S2. The molecule has 0 spiro atoms. The maximum atomic E-state index is 12.7. The van der Waals surface area contributed by atoms with Crippen LogP contribution in [0.5, 0.6) is 0 Å². The largest absolute Gasteiger partial charge is 0.319 e. The third-order valence-corrected chi connectivity index (χ3v) is 7.36. The van der Waals surface area contributed by atoms with Crippen LogP contribution in [0.25, 0.3) is 0 Å². The predicted octanol–water partition coefficient (Wildman–Crippen LogP) is 1.92. The van der Waals surface area contributed by atoms with E-state index < -0.39 is 10.2 Å². The fourth-order valence-corrected chi connectivity index (χ4v) is 5.17. The van der Waals surface area contributed by atoms with E-state index >= 15 is 0 Å². The highest BCUT2D eigenvalue weighted by atomic mass is 32.2. The first-order chi connectivity index (χ1) is 9.96. The third-order valence-electron chi connectivity index (χ3n) is 4.26. The summed E-state index contributed by atoms with van der Waals surface area (Å²) in [6.45, 7) is 4.15. The zero-order valence-electron chi connectivity index (χ0n) is 12.9. The molecule has 1 aromatic rings. The Balaban J connectivity index is 2.01. The van der Waals surface area contributed by atoms with Crippen molar-refractivity contribution < 1.29 is 8.42 Å². The van der Waals surface area contributed by atoms with Gasteiger partial charge in [-0.3, -0.25) is 0 Å². The van der Waals surface area contributed by atoms with Crippen LogP contribution >= 0.6 is 11.3 Å². The highest BCUT2D eigenvalue weighted by molar-refractivity contribution is 7.86. The lowest BCUT2D eigenvalue weighted by Gasteiger charge is -2.35. The second-order valence-corrected chi connectivity index (χ2v) is 8.58. The third kappa shape index (κ3) is 3.84. The van der Waals surface area contributed by atoms with Crippen LogP contribution in [0.3, 0.4) is 0 Å². The fraction of sp³-hybridized carbons (Fsp3) is 0.714. The molecule has 1 aromatic heterocycles. The Morgan fingerprint density at radius 3 is 2.67 bits per heavy atom. The smallest absolute Gasteiger partial charge is 0.282 e. The minimum atomic E-state index is -3.37. The first-order valence-corrected chi connectivity index (χ1v) is 9.65. The van der Waals surface area contributed by atoms with Gasteiger partial charge in [0.1, 0.15) is 0 Å². The van der Waals surface area contributed by atoms with Crippen molar-refractivity contribution >= 4 is 21.5 Å². The summed E-state index contributed by atoms with van der Waals surface area (Å²) < 4.78 is 28.6. The van der Waals surface area contributed by atoms with Gasteiger partial charge in [-0.25, -0.2) is 0 Å². The monoisotopic (exact) mass is 331 g/mol. The van der Waals surface area contributed by atoms with Crippen LogP contribution in [0.1, 0.15) is 30.7 Å². The maximum Gasteiger partial charge on any atom is 0.282 e. The quantitative estimate of drug-likeness (QED) is 0.866. The Morgan fingerprint density at radius 1 is 1.48 bits per heavy atom. The van der Waals surface area contributed by atoms with E-state index in [4.69, 9.17) is 0 Å². The molecule has 0 saturated carbocycles. The van der Waals surface area contributed by atoms with Gasteiger partial charge >= 0.3 is 0 Å². The van der Waals surface area contributed by atoms with E-state index in [0.717, 1.165) is 24.3 Å². The first kappa shape index (κ1) is 16.9. The van der Waals surface area contributed by atoms with Crippen LogP contribution in [0.15, 0.2) is 17.5 Å². The minimum Gasteiger partial charge on any atom is -0.319 e. The van der Waals surface area contributed by atoms with Crippen LogP contribution in [0.4, 0.5) is 0 Å². The van der Waals surface area contributed by atoms with E-state index in [1.165, 1.54) is 4.31 Å². The summed E-state index contributed by atoms with van der Waals surface area (Å²) in [6.07, 6.45) is 1.86. The average Bonchev–Trinajstić information content (AvgIpc) is 3.01. The highest BCUT2D eigenvalue weighted by Crippen LogP contribution is 2.28. The molecule has 2 rings (SSSR count). The molecule has 1 N–H and O–H groups in total. The number of hydrogen-bond acceptors (Lipinski definition) is 4. The van der Waals surface area contributed by atoms with Gasteiger partial charge in [0.25, 0.3) is 10.2 Å². The number of nitrogens with zero attached hydrogens (tertiary/aromatic N) is 2. The summed E-state index contributed by atoms with van der Waals surface area (Å²) in [5.41, 5.74) is 0. The van der Waals surface area contributed by atoms with Gasteiger partial charge < -0.3 is 5.32 Å². The number of piperidine rings is 1. The lowest BCUT2D eigenvalue weighted by Crippen LogP contribution is -2.47. The van der Waals surface area contributed by atoms with Gasteiger partial charge in [0.05, 0.1) is 6.04 Å². The highest BCUT2D eigenvalue weighted by Gasteiger charge is 2.33. The molecule has 1 saturated heterocycles. The van der Waals surface area contributed by atoms with Crippen LogP contribution in [0.2, 0.25) is 0 Å². The molecule has 120 valence electrons. The van der Waals surface area contributed by atoms with Gasteiger partial charge in [-0.2, -0.15) is 17.0 Å². The summed E-state index contributed by atoms with van der Waals surface area (Å²) in [5, 5.41) is 5.16. The summed E-state index contributed by atoms with van der Waals surface area (Å²) in [6, 6.07) is 3.82. The Kier molecular flexibility index (Phi) is 5.79. The molecule has 21 heavy (non-hydrogen) atoms. The summed E-state index contributed by atoms with van der Waals surface area (Å²) in [4.78, 5) is 1.08. The van der Waals surface area contributed by atoms with Gasteiger partial charge in [-0.1, -0.05) is 6.07 Å². The second-order valence-electron chi connectivity index (χ2n) is 5.62. The van der Waals surface area contributed by atoms with Crippen LogP contribution < -0.4 is 5.32 Å². The van der Waals surface area contributed by atoms with Crippen molar-refractivity contribution in [3.63, 3.8) is 0 Å². The molecule has 1 unspecified atom stereocenters. The molecular weight excluding hydrogens is 306 g/mol. The summed E-state index contributed by atoms with van der Waals surface area (Å²) in [5.74, 6) is 0.585. The van der Waals surface area contributed by atoms with Crippen molar-refractivity contribution in [3.05, 3.63) is 22.4 Å². The SMILES string of the molecule is CNCC1CCN(S(=O)(=O)N(C)C(C)c2cccs2)CC1. The Labute approximate surface area is 132 Å². The van der Waals surface area contributed by atoms with Crippen molar-refractivity contribution in [1.29, 1.82) is 0 Å². The topological polar surface area (TPSA) is 52.7 Å². The van der Waals surface area contributed by atoms with Crippen LogP contribution in [-0.2, 0) is 10.2 Å². The molecule has 0 aliphatic carbocycles. The molecule has 1 aliphatic heterocycles. The fourth-order valence-electron chi connectivity index (χ4n) is 2.72. The van der Waals surface area contributed by atoms with E-state index in [-0.39, 0.29) is 6.04 Å². The van der Waals surface area contributed by atoms with Crippen LogP contribution in [0, 0.1) is 5.92 Å². The molecule has 0 radical (unpaired) electrons. The number of thiophene rings is 1. The molecule has 0 amide bonds. The van der Waals surface area contributed by atoms with E-state index in [2.05, 4.69) is 5.32 Å². The molecule has 1 aliphatic rings. The van der Waals surface area contributed by atoms with Gasteiger partial charge in [0, 0.05) is 25.0 Å². The molecule has 5 nitrogen and oxygen atoms in total. The molecule has 2 heterocycles. The van der Waals surface area contributed by atoms with E-state index in [1.807, 2.05) is 31.5 Å². The first-order valence-electron chi connectivity index (χ1n) is 7.38. The molecule has 0 bridgehead atoms. The number of hydrogen-bond donors (Lipinski definition) is 1. The lowest BCUT2D eigenvalue weighted by molar-refractivity contribution is 0.249. The van der Waals surface area contributed by atoms with Gasteiger partial charge in [0.15, 0.2) is 0 Å². The van der Waals surface area contributed by atoms with Crippen LogP contribution in [-0.4, -0.2) is 50.8 Å². The minimum absolute atomic E-state index is 0.120. The molecule has 7 heteroatoms. The van der Waals surface area contributed by atoms with Crippen molar-refractivity contribution in [3.8, 4) is 0 Å². The van der Waals surface area contributed by atoms with Crippen molar-refractivity contribution in [2.75, 3.05) is 33.7 Å². The van der Waals surface area contributed by atoms with E-state index in [1.54, 1.807) is 22.7 Å². The van der Waals surface area contributed by atoms with Crippen molar-refractivity contribution in [2.24, 2.45) is 5.92 Å². The predicted molar refractivity (Wildman–Crippen MR) is 87.6 cm³/mol. The number of nitrogens with one attached hydrogen (secondary N) is 1. The lowest BCUT2D eigenvalue weighted by atomic mass is 9.98. The second kappa shape index (κ2) is 7.19. The standard InChI is InChI=1S/C14H25N3O2S2/c1-12(14-5-4-10-20-14)16(3)21(18,19)17-8-6-13(7-9-17)11-15-2/h4-5,10,12-13,15H,6-9,11H2,1-3H3. The Morgan fingerprint density at radius 2 is 2.14 bits per heavy atom. The zero-order valence-corrected chi connectivity index (χ0v) is 14.6. The summed E-state index contributed by atoms with van der Waals surface area (Å²) >= 11 is 1.60. The van der Waals surface area contributed by atoms with Crippen molar-refractivity contribution in [2.45, 2.75) is 25.8 Å². The molecule has 1 fully saturated rings. The van der Waals surface area contributed by atoms with Gasteiger partial charge in [-0.15, -0.1) is 11.3 Å². The Bertz CT molecular complexity index is 522. The van der Waals surface area contributed by atoms with Gasteiger partial charge in [-0.05, 0) is 50.7 Å². The van der Waals surface area contributed by atoms with Crippen molar-refractivity contribution in [1.82, 2.24) is 13.9 Å². The molecule has 0 aromatic carbocycles. The molecule has 1 atom stereocenters. The van der Waals surface area contributed by atoms with E-state index in [9.17, 15) is 8.42 Å².